The van der Waals surface area contributed by atoms with E-state index in [-0.39, 0.29) is 18.4 Å². The van der Waals surface area contributed by atoms with Gasteiger partial charge in [0.1, 0.15) is 36.4 Å². The summed E-state index contributed by atoms with van der Waals surface area (Å²) < 4.78 is 50.4. The van der Waals surface area contributed by atoms with E-state index in [2.05, 4.69) is 26.6 Å². The Morgan fingerprint density at radius 3 is 2.02 bits per heavy atom. The predicted octanol–water partition coefficient (Wildman–Crippen LogP) is 2.27. The molecule has 1 aromatic heterocycles. The summed E-state index contributed by atoms with van der Waals surface area (Å²) in [5.74, 6) is -8.15. The van der Waals surface area contributed by atoms with Crippen molar-refractivity contribution in [3.05, 3.63) is 76.1 Å². The number of ether oxygens (including phenoxy) is 1. The first-order chi connectivity index (χ1) is 27.2. The number of amides is 5. The summed E-state index contributed by atoms with van der Waals surface area (Å²) in [5.41, 5.74) is -2.84. The van der Waals surface area contributed by atoms with E-state index in [9.17, 15) is 66.8 Å². The van der Waals surface area contributed by atoms with E-state index in [0.717, 1.165) is 25.1 Å². The van der Waals surface area contributed by atoms with Crippen molar-refractivity contribution in [3.63, 3.8) is 0 Å². The maximum Gasteiger partial charge on any atom is 0.417 e. The average Bonchev–Trinajstić information content (AvgIpc) is 3.15. The largest absolute Gasteiger partial charge is 0.481 e. The van der Waals surface area contributed by atoms with Gasteiger partial charge in [-0.3, -0.25) is 28.8 Å². The monoisotopic (exact) mass is 821 g/mol. The van der Waals surface area contributed by atoms with Gasteiger partial charge in [-0.05, 0) is 37.0 Å². The third-order valence-electron chi connectivity index (χ3n) is 8.65. The number of carboxylic acid groups (broad SMARTS) is 2. The Morgan fingerprint density at radius 2 is 1.43 bits per heavy atom. The predicted molar refractivity (Wildman–Crippen MR) is 196 cm³/mol. The molecule has 0 saturated heterocycles. The average molecular weight is 822 g/mol. The molecule has 0 spiro atoms. The molecule has 2 aromatic carbocycles. The van der Waals surface area contributed by atoms with E-state index in [0.29, 0.717) is 12.0 Å². The molecular formula is C37H42F3N5O13. The Balaban J connectivity index is 1.78. The van der Waals surface area contributed by atoms with Crippen molar-refractivity contribution in [2.45, 2.75) is 89.5 Å². The van der Waals surface area contributed by atoms with Gasteiger partial charge < -0.3 is 51.1 Å². The molecule has 18 nitrogen and oxygen atoms in total. The van der Waals surface area contributed by atoms with Crippen molar-refractivity contribution in [1.29, 1.82) is 0 Å². The summed E-state index contributed by atoms with van der Waals surface area (Å²) in [7, 11) is 0. The lowest BCUT2D eigenvalue weighted by atomic mass is 9.97. The molecule has 0 aliphatic rings. The van der Waals surface area contributed by atoms with Crippen LogP contribution in [0.15, 0.2) is 63.8 Å². The Kier molecular flexibility index (Phi) is 16.3. The summed E-state index contributed by atoms with van der Waals surface area (Å²) in [6.45, 7) is 4.25. The zero-order valence-corrected chi connectivity index (χ0v) is 31.3. The molecule has 3 rings (SSSR count). The standard InChI is InChI=1S/C37H42F3N5O13/c1-4-18(2)30(45-36(56)57-17-20-8-6-5-7-9-20)34(54)42-24(12-13-27(47)48)32(52)44-31(19(3)46)35(55)43-25(16-28(49)50)33(53)41-21-10-11-22-23(37(38,39)40)15-29(51)58-26(22)14-21/h5-11,14-15,18-19,24-25,30-31,46H,4,12-13,16-17H2,1-3H3,(H,41,53)(H,42,54)(H,43,55)(H,44,52)(H,45,56)(H,47,48)(H,49,50)/t18-,19-,24+,25+,30+,31+/m1/s1. The van der Waals surface area contributed by atoms with Gasteiger partial charge in [0.15, 0.2) is 0 Å². The molecule has 8 N–H and O–H groups in total. The van der Waals surface area contributed by atoms with Gasteiger partial charge in [-0.15, -0.1) is 0 Å². The van der Waals surface area contributed by atoms with Crippen LogP contribution in [0.25, 0.3) is 11.0 Å². The number of alkyl halides is 3. The Labute approximate surface area is 327 Å². The van der Waals surface area contributed by atoms with Crippen molar-refractivity contribution in [1.82, 2.24) is 21.3 Å². The number of aliphatic hydroxyl groups is 1. The molecule has 58 heavy (non-hydrogen) atoms. The second-order valence-corrected chi connectivity index (χ2v) is 13.1. The minimum atomic E-state index is -4.93. The maximum absolute atomic E-state index is 13.5. The minimum absolute atomic E-state index is 0.127. The smallest absolute Gasteiger partial charge is 0.417 e. The van der Waals surface area contributed by atoms with E-state index < -0.39 is 125 Å². The third kappa shape index (κ3) is 13.6. The molecule has 0 unspecified atom stereocenters. The first-order valence-corrected chi connectivity index (χ1v) is 17.7. The van der Waals surface area contributed by atoms with Crippen LogP contribution in [0.4, 0.5) is 23.7 Å². The number of nitrogens with one attached hydrogen (secondary N) is 5. The molecule has 6 atom stereocenters. The fraction of sp³-hybridized carbons (Fsp3) is 0.405. The summed E-state index contributed by atoms with van der Waals surface area (Å²) in [6.07, 6.45) is -9.56. The van der Waals surface area contributed by atoms with Crippen molar-refractivity contribution in [2.75, 3.05) is 5.32 Å². The molecule has 0 radical (unpaired) electrons. The lowest BCUT2D eigenvalue weighted by Crippen LogP contribution is -2.61. The number of fused-ring (bicyclic) bond motifs is 1. The topological polar surface area (TPSA) is 280 Å². The molecule has 0 aliphatic carbocycles. The molecule has 1 heterocycles. The number of aliphatic carboxylic acids is 2. The van der Waals surface area contributed by atoms with Crippen LogP contribution in [-0.4, -0.2) is 87.3 Å². The molecule has 3 aromatic rings. The van der Waals surface area contributed by atoms with Crippen LogP contribution < -0.4 is 32.2 Å². The fourth-order valence-corrected chi connectivity index (χ4v) is 5.40. The lowest BCUT2D eigenvalue weighted by molar-refractivity contribution is -0.141. The number of halogens is 3. The van der Waals surface area contributed by atoms with Gasteiger partial charge in [0.25, 0.3) is 0 Å². The number of anilines is 1. The second-order valence-electron chi connectivity index (χ2n) is 13.1. The van der Waals surface area contributed by atoms with Gasteiger partial charge in [0.05, 0.1) is 18.1 Å². The van der Waals surface area contributed by atoms with Crippen molar-refractivity contribution in [3.8, 4) is 0 Å². The van der Waals surface area contributed by atoms with Crippen LogP contribution in [0, 0.1) is 5.92 Å². The third-order valence-corrected chi connectivity index (χ3v) is 8.65. The van der Waals surface area contributed by atoms with Crippen LogP contribution in [0.3, 0.4) is 0 Å². The molecule has 0 saturated carbocycles. The van der Waals surface area contributed by atoms with Crippen LogP contribution >= 0.6 is 0 Å². The summed E-state index contributed by atoms with van der Waals surface area (Å²) in [4.78, 5) is 101. The Bertz CT molecular complexity index is 2040. The van der Waals surface area contributed by atoms with Crippen LogP contribution in [0.2, 0.25) is 0 Å². The Morgan fingerprint density at radius 1 is 0.793 bits per heavy atom. The SMILES string of the molecule is CC[C@@H](C)[C@H](NC(=O)OCc1ccccc1)C(=O)N[C@@H](CCC(=O)O)C(=O)N[C@H](C(=O)N[C@@H](CC(=O)O)C(=O)Nc1ccc2c(C(F)(F)F)cc(=O)oc2c1)[C@@H](C)O. The van der Waals surface area contributed by atoms with Gasteiger partial charge in [-0.2, -0.15) is 13.2 Å². The van der Waals surface area contributed by atoms with Crippen LogP contribution in [-0.2, 0) is 46.3 Å². The van der Waals surface area contributed by atoms with E-state index in [4.69, 9.17) is 9.15 Å². The summed E-state index contributed by atoms with van der Waals surface area (Å²) >= 11 is 0. The minimum Gasteiger partial charge on any atom is -0.481 e. The Hall–Kier alpha value is -6.51. The molecule has 0 bridgehead atoms. The first-order valence-electron chi connectivity index (χ1n) is 17.7. The highest BCUT2D eigenvalue weighted by Crippen LogP contribution is 2.34. The molecular weight excluding hydrogens is 779 g/mol. The van der Waals surface area contributed by atoms with Gasteiger partial charge in [-0.25, -0.2) is 9.59 Å². The van der Waals surface area contributed by atoms with Gasteiger partial charge in [0, 0.05) is 29.6 Å². The van der Waals surface area contributed by atoms with E-state index >= 15 is 0 Å². The van der Waals surface area contributed by atoms with E-state index in [1.807, 2.05) is 0 Å². The number of rotatable bonds is 19. The number of carboxylic acids is 2. The number of benzene rings is 2. The highest BCUT2D eigenvalue weighted by atomic mass is 19.4. The maximum atomic E-state index is 13.5. The number of carbonyl (C=O) groups excluding carboxylic acids is 5. The van der Waals surface area contributed by atoms with E-state index in [1.165, 1.54) is 0 Å². The van der Waals surface area contributed by atoms with E-state index in [1.54, 1.807) is 44.2 Å². The summed E-state index contributed by atoms with van der Waals surface area (Å²) in [6, 6.07) is 4.79. The number of hydrogen-bond donors (Lipinski definition) is 8. The van der Waals surface area contributed by atoms with Gasteiger partial charge >= 0.3 is 29.8 Å². The molecule has 21 heteroatoms. The lowest BCUT2D eigenvalue weighted by Gasteiger charge is -2.28. The molecule has 5 amide bonds. The second kappa shape index (κ2) is 20.6. The number of hydrogen-bond acceptors (Lipinski definition) is 11. The number of aliphatic hydroxyl groups excluding tert-OH is 1. The van der Waals surface area contributed by atoms with Gasteiger partial charge in [0.2, 0.25) is 23.6 Å². The zero-order chi connectivity index (χ0) is 43.3. The molecule has 0 fully saturated rings. The zero-order valence-electron chi connectivity index (χ0n) is 31.3. The number of carbonyl (C=O) groups is 7. The quantitative estimate of drug-likeness (QED) is 0.0807. The highest BCUT2D eigenvalue weighted by molar-refractivity contribution is 6.01. The summed E-state index contributed by atoms with van der Waals surface area (Å²) in [5, 5.41) is 39.9. The normalized spacial score (nSPS) is 14.4. The first kappa shape index (κ1) is 45.9. The van der Waals surface area contributed by atoms with Crippen molar-refractivity contribution >= 4 is 58.3 Å². The van der Waals surface area contributed by atoms with Gasteiger partial charge in [-0.1, -0.05) is 50.6 Å². The van der Waals surface area contributed by atoms with Crippen molar-refractivity contribution in [2.24, 2.45) is 5.92 Å². The van der Waals surface area contributed by atoms with Crippen LogP contribution in [0.5, 0.6) is 0 Å². The number of alkyl carbamates (subject to hydrolysis) is 1. The molecule has 314 valence electrons. The van der Waals surface area contributed by atoms with Crippen molar-refractivity contribution < 1.29 is 71.2 Å². The highest BCUT2D eigenvalue weighted by Gasteiger charge is 2.36. The fourth-order valence-electron chi connectivity index (χ4n) is 5.40. The molecule has 0 aliphatic heterocycles. The van der Waals surface area contributed by atoms with Crippen LogP contribution in [0.1, 0.15) is 57.6 Å².